The Morgan fingerprint density at radius 2 is 1.58 bits per heavy atom. The molecule has 3 rings (SSSR count). The van der Waals surface area contributed by atoms with E-state index in [-0.39, 0.29) is 11.6 Å². The first-order valence-corrected chi connectivity index (χ1v) is 12.0. The second kappa shape index (κ2) is 13.0. The van der Waals surface area contributed by atoms with Crippen LogP contribution in [0.25, 0.3) is 28.3 Å². The van der Waals surface area contributed by atoms with Crippen LogP contribution in [-0.2, 0) is 4.74 Å². The molecule has 3 heteroatoms. The van der Waals surface area contributed by atoms with Gasteiger partial charge in [0.15, 0.2) is 0 Å². The summed E-state index contributed by atoms with van der Waals surface area (Å²) in [7, 11) is 0. The average Bonchev–Trinajstić information content (AvgIpc) is 2.83. The molecule has 1 N–H and O–H groups in total. The van der Waals surface area contributed by atoms with Crippen molar-refractivity contribution < 1.29 is 14.2 Å². The molecular weight excluding hydrogens is 411 g/mol. The van der Waals surface area contributed by atoms with Crippen LogP contribution in [0.15, 0.2) is 72.8 Å². The van der Waals surface area contributed by atoms with Crippen molar-refractivity contribution in [2.75, 3.05) is 6.61 Å². The lowest BCUT2D eigenvalue weighted by atomic mass is 9.99. The monoisotopic (exact) mass is 446 g/mol. The van der Waals surface area contributed by atoms with Gasteiger partial charge in [0.25, 0.3) is 0 Å². The van der Waals surface area contributed by atoms with Crippen molar-refractivity contribution in [1.29, 1.82) is 0 Å². The van der Waals surface area contributed by atoms with Gasteiger partial charge in [-0.1, -0.05) is 80.4 Å². The van der Waals surface area contributed by atoms with Crippen molar-refractivity contribution in [2.24, 2.45) is 0 Å². The van der Waals surface area contributed by atoms with Crippen LogP contribution in [0.3, 0.4) is 0 Å². The molecule has 0 bridgehead atoms. The molecule has 0 fully saturated rings. The molecule has 0 aromatic heterocycles. The van der Waals surface area contributed by atoms with E-state index in [9.17, 15) is 9.50 Å². The van der Waals surface area contributed by atoms with Crippen LogP contribution in [0, 0.1) is 5.82 Å². The van der Waals surface area contributed by atoms with Crippen LogP contribution in [0.1, 0.15) is 57.9 Å². The fourth-order valence-corrected chi connectivity index (χ4v) is 3.82. The van der Waals surface area contributed by atoms with E-state index in [0.717, 1.165) is 54.5 Å². The summed E-state index contributed by atoms with van der Waals surface area (Å²) in [5.41, 5.74) is 4.24. The first kappa shape index (κ1) is 24.7. The van der Waals surface area contributed by atoms with Gasteiger partial charge in [0.2, 0.25) is 0 Å². The minimum absolute atomic E-state index is 0.172. The van der Waals surface area contributed by atoms with Gasteiger partial charge in [-0.2, -0.15) is 0 Å². The molecule has 33 heavy (non-hydrogen) atoms. The molecule has 0 radical (unpaired) electrons. The fourth-order valence-electron chi connectivity index (χ4n) is 3.82. The Kier molecular flexibility index (Phi) is 9.71. The largest absolute Gasteiger partial charge is 0.508 e. The molecule has 0 aliphatic carbocycles. The Morgan fingerprint density at radius 3 is 2.27 bits per heavy atom. The topological polar surface area (TPSA) is 29.5 Å². The van der Waals surface area contributed by atoms with E-state index < -0.39 is 0 Å². The highest BCUT2D eigenvalue weighted by molar-refractivity contribution is 5.72. The highest BCUT2D eigenvalue weighted by atomic mass is 19.1. The normalized spacial score (nSPS) is 12.3. The minimum Gasteiger partial charge on any atom is -0.508 e. The Hall–Kier alpha value is -2.91. The van der Waals surface area contributed by atoms with Crippen LogP contribution >= 0.6 is 0 Å². The number of allylic oxidation sites excluding steroid dienone is 1. The maximum Gasteiger partial charge on any atom is 0.131 e. The summed E-state index contributed by atoms with van der Waals surface area (Å²) in [6.07, 6.45) is 11.6. The van der Waals surface area contributed by atoms with E-state index in [1.54, 1.807) is 36.4 Å². The van der Waals surface area contributed by atoms with Crippen molar-refractivity contribution in [3.63, 3.8) is 0 Å². The van der Waals surface area contributed by atoms with E-state index in [4.69, 9.17) is 4.74 Å². The molecule has 0 amide bonds. The fraction of sp³-hybridized carbons (Fsp3) is 0.333. The molecule has 0 aliphatic heterocycles. The zero-order chi connectivity index (χ0) is 23.5. The summed E-state index contributed by atoms with van der Waals surface area (Å²) in [5.74, 6) is -0.1000. The molecule has 1 atom stereocenters. The average molecular weight is 447 g/mol. The van der Waals surface area contributed by atoms with E-state index in [1.165, 1.54) is 12.8 Å². The van der Waals surface area contributed by atoms with Crippen LogP contribution in [0.4, 0.5) is 4.39 Å². The van der Waals surface area contributed by atoms with Gasteiger partial charge >= 0.3 is 0 Å². The van der Waals surface area contributed by atoms with Crippen molar-refractivity contribution in [3.05, 3.63) is 84.2 Å². The predicted octanol–water partition coefficient (Wildman–Crippen LogP) is 8.64. The number of aromatic hydroxyl groups is 1. The van der Waals surface area contributed by atoms with Gasteiger partial charge in [-0.05, 0) is 73.1 Å². The number of rotatable bonds is 12. The summed E-state index contributed by atoms with van der Waals surface area (Å²) < 4.78 is 20.6. The minimum atomic E-state index is -0.272. The summed E-state index contributed by atoms with van der Waals surface area (Å²) >= 11 is 0. The number of halogens is 1. The zero-order valence-electron chi connectivity index (χ0n) is 19.8. The molecular formula is C30H35FO2. The van der Waals surface area contributed by atoms with Gasteiger partial charge in [0.1, 0.15) is 11.6 Å². The van der Waals surface area contributed by atoms with Crippen LogP contribution in [-0.4, -0.2) is 17.8 Å². The van der Waals surface area contributed by atoms with Crippen LogP contribution < -0.4 is 0 Å². The zero-order valence-corrected chi connectivity index (χ0v) is 19.8. The van der Waals surface area contributed by atoms with Crippen LogP contribution in [0.5, 0.6) is 5.75 Å². The maximum atomic E-state index is 14.7. The molecule has 0 heterocycles. The number of benzene rings is 3. The highest BCUT2D eigenvalue weighted by Gasteiger charge is 2.08. The van der Waals surface area contributed by atoms with Gasteiger partial charge in [0, 0.05) is 12.2 Å². The summed E-state index contributed by atoms with van der Waals surface area (Å²) in [6.45, 7) is 5.25. The van der Waals surface area contributed by atoms with E-state index in [2.05, 4.69) is 38.1 Å². The molecule has 0 spiro atoms. The lowest BCUT2D eigenvalue weighted by Crippen LogP contribution is -2.08. The Balaban J connectivity index is 1.49. The predicted molar refractivity (Wildman–Crippen MR) is 137 cm³/mol. The van der Waals surface area contributed by atoms with Crippen molar-refractivity contribution in [3.8, 4) is 28.0 Å². The molecule has 2 nitrogen and oxygen atoms in total. The van der Waals surface area contributed by atoms with E-state index in [0.29, 0.717) is 11.7 Å². The smallest absolute Gasteiger partial charge is 0.131 e. The van der Waals surface area contributed by atoms with E-state index >= 15 is 0 Å². The second-order valence-corrected chi connectivity index (χ2v) is 8.59. The third-order valence-corrected chi connectivity index (χ3v) is 5.83. The third kappa shape index (κ3) is 7.87. The first-order chi connectivity index (χ1) is 16.1. The first-order valence-electron chi connectivity index (χ1n) is 12.0. The van der Waals surface area contributed by atoms with Crippen LogP contribution in [0.2, 0.25) is 0 Å². The molecule has 0 saturated heterocycles. The van der Waals surface area contributed by atoms with Gasteiger partial charge < -0.3 is 9.84 Å². The molecule has 1 unspecified atom stereocenters. The lowest BCUT2D eigenvalue weighted by molar-refractivity contribution is 0.0566. The standard InChI is InChI=1S/C30H35FO2/c1-3-4-8-21-33-23(2)9-6-5-7-10-24-11-13-25(14-12-24)27-17-20-29(30(31)22-27)26-15-18-28(32)19-16-26/h7,10-20,22-23,32H,3-6,8-9,21H2,1-2H3/b10-7+. The molecule has 174 valence electrons. The third-order valence-electron chi connectivity index (χ3n) is 5.83. The number of hydrogen-bond donors (Lipinski definition) is 1. The number of ether oxygens (including phenoxy) is 1. The number of phenolic OH excluding ortho intramolecular Hbond substituents is 1. The van der Waals surface area contributed by atoms with Crippen molar-refractivity contribution >= 4 is 6.08 Å². The molecule has 3 aromatic rings. The summed E-state index contributed by atoms with van der Waals surface area (Å²) in [6, 6.07) is 20.1. The highest BCUT2D eigenvalue weighted by Crippen LogP contribution is 2.29. The number of unbranched alkanes of at least 4 members (excludes halogenated alkanes) is 3. The van der Waals surface area contributed by atoms with E-state index in [1.807, 2.05) is 18.2 Å². The Bertz CT molecular complexity index is 1010. The van der Waals surface area contributed by atoms with Crippen molar-refractivity contribution in [1.82, 2.24) is 0 Å². The quantitative estimate of drug-likeness (QED) is 0.282. The Labute approximate surface area is 197 Å². The molecule has 0 aliphatic rings. The molecule has 3 aromatic carbocycles. The Morgan fingerprint density at radius 1 is 0.879 bits per heavy atom. The second-order valence-electron chi connectivity index (χ2n) is 8.59. The maximum absolute atomic E-state index is 14.7. The summed E-state index contributed by atoms with van der Waals surface area (Å²) in [4.78, 5) is 0. The number of hydrogen-bond acceptors (Lipinski definition) is 2. The number of phenols is 1. The van der Waals surface area contributed by atoms with Gasteiger partial charge in [-0.15, -0.1) is 0 Å². The van der Waals surface area contributed by atoms with Gasteiger partial charge in [-0.3, -0.25) is 0 Å². The van der Waals surface area contributed by atoms with Crippen molar-refractivity contribution in [2.45, 2.75) is 58.5 Å². The molecule has 0 saturated carbocycles. The van der Waals surface area contributed by atoms with Gasteiger partial charge in [-0.25, -0.2) is 4.39 Å². The lowest BCUT2D eigenvalue weighted by Gasteiger charge is -2.12. The van der Waals surface area contributed by atoms with Gasteiger partial charge in [0.05, 0.1) is 6.10 Å². The SMILES string of the molecule is CCCCCOC(C)CCC/C=C/c1ccc(-c2ccc(-c3ccc(O)cc3)c(F)c2)cc1. The summed E-state index contributed by atoms with van der Waals surface area (Å²) in [5, 5.41) is 9.43.